The van der Waals surface area contributed by atoms with E-state index in [1.165, 1.54) is 11.1 Å². The molecule has 0 N–H and O–H groups in total. The van der Waals surface area contributed by atoms with E-state index < -0.39 is 0 Å². The number of aryl methyl sites for hydroxylation is 2. The molecular weight excluding hydrogens is 496 g/mol. The van der Waals surface area contributed by atoms with Crippen molar-refractivity contribution in [3.63, 3.8) is 0 Å². The number of amides is 1. The van der Waals surface area contributed by atoms with Crippen molar-refractivity contribution in [3.05, 3.63) is 67.5 Å². The molecule has 1 amide bonds. The SMILES string of the molecule is COCCCc1cc(CN(C(=O)C2COCC[C@@H]2c2ccn(C)c(=O)c2)C2CC2)cc(Br)c1C. The molecule has 1 aliphatic carbocycles. The minimum Gasteiger partial charge on any atom is -0.385 e. The lowest BCUT2D eigenvalue weighted by atomic mass is 9.82. The molecule has 1 aromatic heterocycles. The summed E-state index contributed by atoms with van der Waals surface area (Å²) in [4.78, 5) is 28.2. The predicted octanol–water partition coefficient (Wildman–Crippen LogP) is 4.35. The van der Waals surface area contributed by atoms with Crippen LogP contribution in [0.5, 0.6) is 0 Å². The second kappa shape index (κ2) is 11.2. The number of ether oxygens (including phenoxy) is 2. The maximum atomic E-state index is 13.9. The number of hydrogen-bond donors (Lipinski definition) is 0. The van der Waals surface area contributed by atoms with Gasteiger partial charge in [-0.3, -0.25) is 9.59 Å². The molecule has 2 aliphatic rings. The first-order valence-electron chi connectivity index (χ1n) is 12.2. The Kier molecular flexibility index (Phi) is 8.27. The van der Waals surface area contributed by atoms with Gasteiger partial charge in [0.15, 0.2) is 0 Å². The molecule has 2 atom stereocenters. The molecule has 0 radical (unpaired) electrons. The Labute approximate surface area is 210 Å². The van der Waals surface area contributed by atoms with Crippen LogP contribution in [0.1, 0.15) is 53.9 Å². The van der Waals surface area contributed by atoms with Gasteiger partial charge in [0.05, 0.1) is 12.5 Å². The van der Waals surface area contributed by atoms with E-state index >= 15 is 0 Å². The summed E-state index contributed by atoms with van der Waals surface area (Å²) in [5, 5.41) is 0. The number of methoxy groups -OCH3 is 1. The number of nitrogens with zero attached hydrogens (tertiary/aromatic N) is 2. The average molecular weight is 531 g/mol. The van der Waals surface area contributed by atoms with Crippen molar-refractivity contribution in [2.75, 3.05) is 26.9 Å². The average Bonchev–Trinajstić information content (AvgIpc) is 3.67. The summed E-state index contributed by atoms with van der Waals surface area (Å²) >= 11 is 3.73. The fraction of sp³-hybridized carbons (Fsp3) is 0.556. The van der Waals surface area contributed by atoms with Crippen molar-refractivity contribution < 1.29 is 14.3 Å². The van der Waals surface area contributed by atoms with E-state index in [-0.39, 0.29) is 29.3 Å². The summed E-state index contributed by atoms with van der Waals surface area (Å²) in [7, 11) is 3.48. The summed E-state index contributed by atoms with van der Waals surface area (Å²) in [6.07, 6.45) is 6.55. The molecule has 6 nitrogen and oxygen atoms in total. The van der Waals surface area contributed by atoms with E-state index in [0.717, 1.165) is 54.3 Å². The van der Waals surface area contributed by atoms with Gasteiger partial charge in [0.25, 0.3) is 5.56 Å². The Hall–Kier alpha value is -1.96. The minimum absolute atomic E-state index is 0.00533. The zero-order chi connectivity index (χ0) is 24.2. The van der Waals surface area contributed by atoms with Crippen LogP contribution >= 0.6 is 15.9 Å². The molecule has 0 spiro atoms. The van der Waals surface area contributed by atoms with E-state index in [4.69, 9.17) is 9.47 Å². The van der Waals surface area contributed by atoms with Crippen LogP contribution in [0.25, 0.3) is 0 Å². The molecule has 2 heterocycles. The standard InChI is InChI=1S/C27H35BrN2O4/c1-18-20(5-4-11-33-3)13-19(14-25(18)28)16-30(22-6-7-22)27(32)24-17-34-12-9-23(24)21-8-10-29(2)26(31)15-21/h8,10,13-15,22-24H,4-7,9,11-12,16-17H2,1-3H3/t23-,24?/m1/s1. The van der Waals surface area contributed by atoms with Crippen LogP contribution < -0.4 is 5.56 Å². The van der Waals surface area contributed by atoms with Gasteiger partial charge in [-0.1, -0.05) is 22.0 Å². The molecule has 2 fully saturated rings. The Bertz CT molecular complexity index is 1080. The lowest BCUT2D eigenvalue weighted by Crippen LogP contribution is -2.43. The monoisotopic (exact) mass is 530 g/mol. The van der Waals surface area contributed by atoms with Crippen LogP contribution in [0.4, 0.5) is 0 Å². The molecule has 1 aromatic carbocycles. The van der Waals surface area contributed by atoms with Crippen molar-refractivity contribution in [2.45, 2.75) is 57.5 Å². The number of carbonyl (C=O) groups excluding carboxylic acids is 1. The number of benzene rings is 1. The third-order valence-corrected chi connectivity index (χ3v) is 7.98. The van der Waals surface area contributed by atoms with Gasteiger partial charge in [-0.05, 0) is 73.4 Å². The molecule has 1 unspecified atom stereocenters. The van der Waals surface area contributed by atoms with Crippen molar-refractivity contribution in [2.24, 2.45) is 13.0 Å². The molecule has 2 aromatic rings. The van der Waals surface area contributed by atoms with Gasteiger partial charge in [-0.15, -0.1) is 0 Å². The smallest absolute Gasteiger partial charge is 0.250 e. The topological polar surface area (TPSA) is 60.8 Å². The largest absolute Gasteiger partial charge is 0.385 e. The first-order valence-corrected chi connectivity index (χ1v) is 13.0. The van der Waals surface area contributed by atoms with E-state index in [9.17, 15) is 9.59 Å². The Balaban J connectivity index is 1.56. The van der Waals surface area contributed by atoms with Crippen molar-refractivity contribution in [3.8, 4) is 0 Å². The van der Waals surface area contributed by atoms with Crippen LogP contribution in [-0.4, -0.2) is 48.3 Å². The third kappa shape index (κ3) is 5.81. The normalized spacial score (nSPS) is 20.4. The lowest BCUT2D eigenvalue weighted by molar-refractivity contribution is -0.142. The molecule has 1 aliphatic heterocycles. The number of carbonyl (C=O) groups is 1. The second-order valence-corrected chi connectivity index (χ2v) is 10.5. The highest BCUT2D eigenvalue weighted by Crippen LogP contribution is 2.37. The fourth-order valence-electron chi connectivity index (χ4n) is 4.91. The van der Waals surface area contributed by atoms with Gasteiger partial charge in [0.2, 0.25) is 5.91 Å². The maximum absolute atomic E-state index is 13.9. The van der Waals surface area contributed by atoms with Crippen molar-refractivity contribution in [1.29, 1.82) is 0 Å². The van der Waals surface area contributed by atoms with Crippen LogP contribution in [0.2, 0.25) is 0 Å². The van der Waals surface area contributed by atoms with Gasteiger partial charge in [-0.2, -0.15) is 0 Å². The Morgan fingerprint density at radius 2 is 2.06 bits per heavy atom. The Morgan fingerprint density at radius 3 is 2.76 bits per heavy atom. The molecule has 34 heavy (non-hydrogen) atoms. The fourth-order valence-corrected chi connectivity index (χ4v) is 5.46. The van der Waals surface area contributed by atoms with Gasteiger partial charge < -0.3 is 18.9 Å². The molecular formula is C27H35BrN2O4. The summed E-state index contributed by atoms with van der Waals surface area (Å²) < 4.78 is 13.6. The molecule has 7 heteroatoms. The van der Waals surface area contributed by atoms with Gasteiger partial charge >= 0.3 is 0 Å². The summed E-state index contributed by atoms with van der Waals surface area (Å²) in [5.41, 5.74) is 4.59. The van der Waals surface area contributed by atoms with Crippen LogP contribution in [-0.2, 0) is 34.3 Å². The van der Waals surface area contributed by atoms with Crippen molar-refractivity contribution in [1.82, 2.24) is 9.47 Å². The second-order valence-electron chi connectivity index (χ2n) is 9.64. The first-order chi connectivity index (χ1) is 16.4. The number of pyridine rings is 1. The van der Waals surface area contributed by atoms with Crippen LogP contribution in [0.3, 0.4) is 0 Å². The third-order valence-electron chi connectivity index (χ3n) is 7.16. The summed E-state index contributed by atoms with van der Waals surface area (Å²) in [6.45, 7) is 4.48. The number of hydrogen-bond acceptors (Lipinski definition) is 4. The number of rotatable bonds is 9. The zero-order valence-corrected chi connectivity index (χ0v) is 22.0. The summed E-state index contributed by atoms with van der Waals surface area (Å²) in [5.74, 6) is -0.118. The van der Waals surface area contributed by atoms with Crippen molar-refractivity contribution >= 4 is 21.8 Å². The van der Waals surface area contributed by atoms with Gasteiger partial charge in [-0.25, -0.2) is 0 Å². The highest BCUT2D eigenvalue weighted by Gasteiger charge is 2.40. The number of aromatic nitrogens is 1. The molecule has 184 valence electrons. The minimum atomic E-state index is -0.267. The first kappa shape index (κ1) is 25.1. The van der Waals surface area contributed by atoms with Gasteiger partial charge in [0, 0.05) is 62.6 Å². The van der Waals surface area contributed by atoms with E-state index in [1.54, 1.807) is 31.0 Å². The highest BCUT2D eigenvalue weighted by molar-refractivity contribution is 9.10. The molecule has 4 rings (SSSR count). The van der Waals surface area contributed by atoms with Crippen LogP contribution in [0.15, 0.2) is 39.7 Å². The molecule has 1 saturated heterocycles. The summed E-state index contributed by atoms with van der Waals surface area (Å²) in [6, 6.07) is 8.33. The predicted molar refractivity (Wildman–Crippen MR) is 136 cm³/mol. The van der Waals surface area contributed by atoms with E-state index in [2.05, 4.69) is 39.9 Å². The quantitative estimate of drug-likeness (QED) is 0.452. The van der Waals surface area contributed by atoms with Gasteiger partial charge in [0.1, 0.15) is 0 Å². The van der Waals surface area contributed by atoms with E-state index in [0.29, 0.717) is 19.8 Å². The highest BCUT2D eigenvalue weighted by atomic mass is 79.9. The lowest BCUT2D eigenvalue weighted by Gasteiger charge is -2.35. The zero-order valence-electron chi connectivity index (χ0n) is 20.4. The Morgan fingerprint density at radius 1 is 1.26 bits per heavy atom. The van der Waals surface area contributed by atoms with E-state index in [1.807, 2.05) is 6.07 Å². The number of halogens is 1. The molecule has 1 saturated carbocycles. The molecule has 0 bridgehead atoms. The van der Waals surface area contributed by atoms with Crippen LogP contribution in [0, 0.1) is 12.8 Å². The maximum Gasteiger partial charge on any atom is 0.250 e.